The highest BCUT2D eigenvalue weighted by Gasteiger charge is 2.03. The summed E-state index contributed by atoms with van der Waals surface area (Å²) in [5, 5.41) is 8.88. The summed E-state index contributed by atoms with van der Waals surface area (Å²) in [6.45, 7) is 0. The number of fused-ring (bicyclic) bond motifs is 1. The van der Waals surface area contributed by atoms with Crippen LogP contribution in [0.4, 0.5) is 0 Å². The lowest BCUT2D eigenvalue weighted by Gasteiger charge is -1.93. The molecule has 2 rings (SSSR count). The van der Waals surface area contributed by atoms with E-state index in [1.807, 2.05) is 12.1 Å². The Morgan fingerprint density at radius 3 is 3.17 bits per heavy atom. The van der Waals surface area contributed by atoms with E-state index in [0.717, 1.165) is 11.0 Å². The fraction of sp³-hybridized carbons (Fsp3) is 0. The number of aromatic nitrogens is 2. The van der Waals surface area contributed by atoms with Crippen LogP contribution < -0.4 is 0 Å². The molecule has 0 aliphatic heterocycles. The predicted molar refractivity (Wildman–Crippen MR) is 45.8 cm³/mol. The van der Waals surface area contributed by atoms with E-state index in [1.54, 1.807) is 12.3 Å². The Balaban J connectivity index is 2.84. The number of nitriles is 1. The quantitative estimate of drug-likeness (QED) is 0.627. The highest BCUT2D eigenvalue weighted by atomic mass is 35.5. The maximum absolute atomic E-state index is 8.63. The van der Waals surface area contributed by atoms with Crippen molar-refractivity contribution in [2.75, 3.05) is 0 Å². The highest BCUT2D eigenvalue weighted by Crippen LogP contribution is 2.18. The van der Waals surface area contributed by atoms with Gasteiger partial charge in [0.25, 0.3) is 0 Å². The average molecular weight is 178 g/mol. The maximum Gasteiger partial charge on any atom is 0.147 e. The van der Waals surface area contributed by atoms with Gasteiger partial charge in [-0.1, -0.05) is 11.6 Å². The Hall–Kier alpha value is -1.53. The first-order valence-corrected chi connectivity index (χ1v) is 3.73. The van der Waals surface area contributed by atoms with Gasteiger partial charge < -0.3 is 4.98 Å². The monoisotopic (exact) mass is 177 g/mol. The summed E-state index contributed by atoms with van der Waals surface area (Å²) in [5.74, 6) is 0. The van der Waals surface area contributed by atoms with Gasteiger partial charge in [-0.25, -0.2) is 4.98 Å². The van der Waals surface area contributed by atoms with Crippen LogP contribution in [0.25, 0.3) is 11.0 Å². The van der Waals surface area contributed by atoms with Crippen molar-refractivity contribution in [3.8, 4) is 6.07 Å². The fourth-order valence-corrected chi connectivity index (χ4v) is 1.22. The molecule has 0 saturated carbocycles. The SMILES string of the molecule is N#Cc1cc2[nH]ccc2nc1Cl. The molecule has 0 fully saturated rings. The third kappa shape index (κ3) is 0.936. The molecule has 2 aromatic heterocycles. The molecule has 3 nitrogen and oxygen atoms in total. The minimum absolute atomic E-state index is 0.254. The largest absolute Gasteiger partial charge is 0.360 e. The topological polar surface area (TPSA) is 52.5 Å². The van der Waals surface area contributed by atoms with Gasteiger partial charge in [0.15, 0.2) is 0 Å². The summed E-state index contributed by atoms with van der Waals surface area (Å²) in [6.07, 6.45) is 1.76. The molecule has 0 aromatic carbocycles. The van der Waals surface area contributed by atoms with Gasteiger partial charge in [0.1, 0.15) is 11.2 Å². The van der Waals surface area contributed by atoms with E-state index < -0.39 is 0 Å². The third-order valence-corrected chi connectivity index (χ3v) is 1.89. The molecular weight excluding hydrogens is 174 g/mol. The van der Waals surface area contributed by atoms with Gasteiger partial charge in [-0.3, -0.25) is 0 Å². The van der Waals surface area contributed by atoms with Gasteiger partial charge in [-0.2, -0.15) is 5.26 Å². The van der Waals surface area contributed by atoms with Crippen molar-refractivity contribution < 1.29 is 0 Å². The number of aromatic amines is 1. The summed E-state index contributed by atoms with van der Waals surface area (Å²) in [5.41, 5.74) is 2.00. The number of hydrogen-bond donors (Lipinski definition) is 1. The smallest absolute Gasteiger partial charge is 0.147 e. The summed E-state index contributed by atoms with van der Waals surface area (Å²) < 4.78 is 0. The number of halogens is 1. The first-order chi connectivity index (χ1) is 5.81. The molecule has 0 saturated heterocycles. The van der Waals surface area contributed by atoms with Crippen molar-refractivity contribution >= 4 is 22.6 Å². The summed E-state index contributed by atoms with van der Waals surface area (Å²) >= 11 is 5.71. The highest BCUT2D eigenvalue weighted by molar-refractivity contribution is 6.30. The Bertz CT molecular complexity index is 467. The van der Waals surface area contributed by atoms with Gasteiger partial charge in [0.2, 0.25) is 0 Å². The number of rotatable bonds is 0. The first-order valence-electron chi connectivity index (χ1n) is 3.35. The zero-order valence-corrected chi connectivity index (χ0v) is 6.76. The minimum Gasteiger partial charge on any atom is -0.360 e. The lowest BCUT2D eigenvalue weighted by atomic mass is 10.3. The van der Waals surface area contributed by atoms with E-state index in [4.69, 9.17) is 16.9 Å². The van der Waals surface area contributed by atoms with Crippen LogP contribution in [0.3, 0.4) is 0 Å². The third-order valence-electron chi connectivity index (χ3n) is 1.61. The molecule has 0 amide bonds. The summed E-state index contributed by atoms with van der Waals surface area (Å²) in [7, 11) is 0. The normalized spacial score (nSPS) is 10.0. The molecule has 58 valence electrons. The Morgan fingerprint density at radius 2 is 2.42 bits per heavy atom. The van der Waals surface area contributed by atoms with Gasteiger partial charge in [-0.15, -0.1) is 0 Å². The molecule has 12 heavy (non-hydrogen) atoms. The van der Waals surface area contributed by atoms with Crippen molar-refractivity contribution in [3.05, 3.63) is 29.0 Å². The van der Waals surface area contributed by atoms with Crippen LogP contribution in [0.2, 0.25) is 5.15 Å². The van der Waals surface area contributed by atoms with Crippen molar-refractivity contribution in [3.63, 3.8) is 0 Å². The van der Waals surface area contributed by atoms with E-state index in [9.17, 15) is 0 Å². The van der Waals surface area contributed by atoms with Gasteiger partial charge >= 0.3 is 0 Å². The van der Waals surface area contributed by atoms with Crippen molar-refractivity contribution in [2.24, 2.45) is 0 Å². The van der Waals surface area contributed by atoms with Crippen LogP contribution in [0.15, 0.2) is 18.3 Å². The molecule has 0 atom stereocenters. The van der Waals surface area contributed by atoms with Crippen LogP contribution in [-0.2, 0) is 0 Å². The lowest BCUT2D eigenvalue weighted by molar-refractivity contribution is 1.37. The molecule has 0 unspecified atom stereocenters. The molecule has 0 bridgehead atoms. The van der Waals surface area contributed by atoms with Gasteiger partial charge in [-0.05, 0) is 12.1 Å². The summed E-state index contributed by atoms with van der Waals surface area (Å²) in [6, 6.07) is 5.46. The number of hydrogen-bond acceptors (Lipinski definition) is 2. The van der Waals surface area contributed by atoms with E-state index in [0.29, 0.717) is 5.56 Å². The van der Waals surface area contributed by atoms with Crippen molar-refractivity contribution in [2.45, 2.75) is 0 Å². The van der Waals surface area contributed by atoms with E-state index in [1.165, 1.54) is 0 Å². The molecule has 1 N–H and O–H groups in total. The van der Waals surface area contributed by atoms with Crippen LogP contribution in [0.5, 0.6) is 0 Å². The summed E-state index contributed by atoms with van der Waals surface area (Å²) in [4.78, 5) is 6.97. The molecule has 0 spiro atoms. The second kappa shape index (κ2) is 2.50. The van der Waals surface area contributed by atoms with Crippen LogP contribution >= 0.6 is 11.6 Å². The van der Waals surface area contributed by atoms with Gasteiger partial charge in [0, 0.05) is 6.20 Å². The molecule has 4 heteroatoms. The van der Waals surface area contributed by atoms with Crippen LogP contribution in [0.1, 0.15) is 5.56 Å². The molecule has 0 aliphatic carbocycles. The Labute approximate surface area is 73.6 Å². The molecule has 2 aromatic rings. The first kappa shape index (κ1) is 7.14. The maximum atomic E-state index is 8.63. The zero-order valence-electron chi connectivity index (χ0n) is 6.00. The second-order valence-corrected chi connectivity index (χ2v) is 2.71. The zero-order chi connectivity index (χ0) is 8.55. The number of H-pyrrole nitrogens is 1. The van der Waals surface area contributed by atoms with Crippen molar-refractivity contribution in [1.82, 2.24) is 9.97 Å². The minimum atomic E-state index is 0.254. The van der Waals surface area contributed by atoms with E-state index in [2.05, 4.69) is 9.97 Å². The fourth-order valence-electron chi connectivity index (χ4n) is 1.04. The van der Waals surface area contributed by atoms with Gasteiger partial charge in [0.05, 0.1) is 16.6 Å². The Kier molecular flexibility index (Phi) is 1.49. The van der Waals surface area contributed by atoms with Crippen LogP contribution in [-0.4, -0.2) is 9.97 Å². The van der Waals surface area contributed by atoms with E-state index in [-0.39, 0.29) is 5.15 Å². The number of pyridine rings is 1. The second-order valence-electron chi connectivity index (χ2n) is 2.35. The molecule has 0 aliphatic rings. The number of nitrogens with one attached hydrogen (secondary N) is 1. The van der Waals surface area contributed by atoms with Crippen molar-refractivity contribution in [1.29, 1.82) is 5.26 Å². The standard InChI is InChI=1S/C8H4ClN3/c9-8-5(4-10)3-7-6(12-8)1-2-11-7/h1-3,11H. The predicted octanol–water partition coefficient (Wildman–Crippen LogP) is 2.09. The lowest BCUT2D eigenvalue weighted by Crippen LogP contribution is -1.82. The van der Waals surface area contributed by atoms with Crippen LogP contribution in [0, 0.1) is 11.3 Å². The van der Waals surface area contributed by atoms with E-state index >= 15 is 0 Å². The Morgan fingerprint density at radius 1 is 1.58 bits per heavy atom. The molecular formula is C8H4ClN3. The molecule has 0 radical (unpaired) electrons. The number of nitrogens with zero attached hydrogens (tertiary/aromatic N) is 2. The average Bonchev–Trinajstić information content (AvgIpc) is 2.49. The molecule has 2 heterocycles.